The van der Waals surface area contributed by atoms with Crippen molar-refractivity contribution in [3.63, 3.8) is 0 Å². The number of hydrogen-bond donors (Lipinski definition) is 2. The first-order valence-electron chi connectivity index (χ1n) is 13.4. The fourth-order valence-electron chi connectivity index (χ4n) is 5.63. The first kappa shape index (κ1) is 26.6. The van der Waals surface area contributed by atoms with Crippen LogP contribution in [0.15, 0.2) is 37.1 Å². The highest BCUT2D eigenvalue weighted by molar-refractivity contribution is 7.13. The Hall–Kier alpha value is -3.04. The zero-order valence-electron chi connectivity index (χ0n) is 23.0. The number of carbonyl (C=O) groups is 2. The second-order valence-electron chi connectivity index (χ2n) is 12.1. The van der Waals surface area contributed by atoms with Crippen LogP contribution in [0.1, 0.15) is 73.2 Å². The van der Waals surface area contributed by atoms with E-state index in [9.17, 15) is 9.59 Å². The summed E-state index contributed by atoms with van der Waals surface area (Å²) in [5.74, 6) is 0.389. The van der Waals surface area contributed by atoms with E-state index in [0.29, 0.717) is 16.9 Å². The Morgan fingerprint density at radius 2 is 2.08 bits per heavy atom. The Bertz CT molecular complexity index is 1380. The maximum atomic E-state index is 13.1. The number of benzene rings is 1. The Kier molecular flexibility index (Phi) is 6.94. The van der Waals surface area contributed by atoms with Gasteiger partial charge < -0.3 is 14.8 Å². The summed E-state index contributed by atoms with van der Waals surface area (Å²) in [5, 5.41) is 7.55. The lowest BCUT2D eigenvalue weighted by Crippen LogP contribution is -2.42. The van der Waals surface area contributed by atoms with Gasteiger partial charge in [-0.2, -0.15) is 0 Å². The van der Waals surface area contributed by atoms with Crippen molar-refractivity contribution in [2.24, 2.45) is 10.8 Å². The molecule has 1 aromatic carbocycles. The quantitative estimate of drug-likeness (QED) is 0.401. The van der Waals surface area contributed by atoms with Crippen molar-refractivity contribution < 1.29 is 9.59 Å². The molecule has 3 heterocycles. The van der Waals surface area contributed by atoms with Crippen LogP contribution in [0, 0.1) is 17.8 Å². The number of anilines is 1. The predicted octanol–water partition coefficient (Wildman–Crippen LogP) is 5.32. The molecule has 1 saturated carbocycles. The standard InChI is InChI=1S/C29H38N6O2S/c1-7-25(36)34-11-10-29(17-34)13-21(14-29)35-23-9-8-20(15-30-18(2)28(4,5)6)12-22(23)32-27(35)33-26(37)24-16-31-19(3)38-24/h7-9,12,16,18,21,30H,1,10-11,13-15,17H2,2-6H3,(H,32,33,37)/t18-,21?,29?/m0/s1. The fraction of sp³-hybridized carbons (Fsp3) is 0.517. The summed E-state index contributed by atoms with van der Waals surface area (Å²) in [7, 11) is 0. The topological polar surface area (TPSA) is 92.2 Å². The molecule has 1 saturated heterocycles. The Labute approximate surface area is 228 Å². The van der Waals surface area contributed by atoms with E-state index in [1.54, 1.807) is 6.20 Å². The number of amides is 2. The smallest absolute Gasteiger partial charge is 0.269 e. The van der Waals surface area contributed by atoms with Crippen LogP contribution in [0.4, 0.5) is 5.95 Å². The van der Waals surface area contributed by atoms with Crippen LogP contribution in [0.3, 0.4) is 0 Å². The van der Waals surface area contributed by atoms with Crippen molar-refractivity contribution in [2.75, 3.05) is 18.4 Å². The van der Waals surface area contributed by atoms with Gasteiger partial charge in [0.15, 0.2) is 0 Å². The van der Waals surface area contributed by atoms with Gasteiger partial charge in [-0.15, -0.1) is 11.3 Å². The van der Waals surface area contributed by atoms with Gasteiger partial charge in [-0.3, -0.25) is 14.9 Å². The molecule has 3 aromatic rings. The Balaban J connectivity index is 1.41. The van der Waals surface area contributed by atoms with Crippen LogP contribution in [-0.4, -0.2) is 50.4 Å². The average molecular weight is 535 g/mol. The van der Waals surface area contributed by atoms with E-state index in [0.717, 1.165) is 60.5 Å². The van der Waals surface area contributed by atoms with E-state index >= 15 is 0 Å². The van der Waals surface area contributed by atoms with E-state index in [2.05, 4.69) is 72.7 Å². The highest BCUT2D eigenvalue weighted by atomic mass is 32.1. The maximum Gasteiger partial charge on any atom is 0.269 e. The van der Waals surface area contributed by atoms with E-state index in [1.807, 2.05) is 11.8 Å². The number of carbonyl (C=O) groups excluding carboxylic acids is 2. The monoisotopic (exact) mass is 534 g/mol. The SMILES string of the molecule is C=CC(=O)N1CCC2(CC(n3c(NC(=O)c4cnc(C)s4)nc4cc(CN[C@@H](C)C(C)(C)C)ccc43)C2)C1. The van der Waals surface area contributed by atoms with E-state index in [4.69, 9.17) is 4.98 Å². The van der Waals surface area contributed by atoms with E-state index in [-0.39, 0.29) is 28.7 Å². The van der Waals surface area contributed by atoms with Crippen molar-refractivity contribution >= 4 is 40.1 Å². The fourth-order valence-corrected chi connectivity index (χ4v) is 6.30. The van der Waals surface area contributed by atoms with Gasteiger partial charge in [0.25, 0.3) is 5.91 Å². The lowest BCUT2D eigenvalue weighted by Gasteiger charge is -2.46. The summed E-state index contributed by atoms with van der Waals surface area (Å²) >= 11 is 1.38. The molecule has 1 atom stereocenters. The van der Waals surface area contributed by atoms with E-state index in [1.165, 1.54) is 17.4 Å². The largest absolute Gasteiger partial charge is 0.339 e. The first-order chi connectivity index (χ1) is 18.0. The molecular formula is C29H38N6O2S. The summed E-state index contributed by atoms with van der Waals surface area (Å²) in [6.07, 6.45) is 5.93. The van der Waals surface area contributed by atoms with Crippen LogP contribution in [0.5, 0.6) is 0 Å². The normalized spacial score (nSPS) is 22.0. The third-order valence-corrected chi connectivity index (χ3v) is 9.27. The van der Waals surface area contributed by atoms with Crippen molar-refractivity contribution in [3.05, 3.63) is 52.5 Å². The molecule has 0 radical (unpaired) electrons. The maximum absolute atomic E-state index is 13.1. The van der Waals surface area contributed by atoms with E-state index < -0.39 is 0 Å². The number of nitrogens with one attached hydrogen (secondary N) is 2. The second-order valence-corrected chi connectivity index (χ2v) is 13.3. The number of thiazole rings is 1. The molecular weight excluding hydrogens is 496 g/mol. The molecule has 2 N–H and O–H groups in total. The van der Waals surface area contributed by atoms with Crippen LogP contribution in [0.25, 0.3) is 11.0 Å². The molecule has 1 aliphatic heterocycles. The number of aromatic nitrogens is 3. The number of aryl methyl sites for hydroxylation is 1. The van der Waals surface area contributed by atoms with Crippen LogP contribution in [-0.2, 0) is 11.3 Å². The number of fused-ring (bicyclic) bond motifs is 1. The minimum Gasteiger partial charge on any atom is -0.339 e. The number of imidazole rings is 1. The molecule has 8 nitrogen and oxygen atoms in total. The molecule has 0 bridgehead atoms. The molecule has 2 aliphatic rings. The zero-order chi connectivity index (χ0) is 27.2. The molecule has 38 heavy (non-hydrogen) atoms. The van der Waals surface area contributed by atoms with Crippen molar-refractivity contribution in [1.82, 2.24) is 24.8 Å². The average Bonchev–Trinajstić information content (AvgIpc) is 3.57. The Morgan fingerprint density at radius 3 is 2.74 bits per heavy atom. The minimum absolute atomic E-state index is 0.00752. The van der Waals surface area contributed by atoms with Gasteiger partial charge in [0.2, 0.25) is 11.9 Å². The summed E-state index contributed by atoms with van der Waals surface area (Å²) in [4.78, 5) is 36.8. The zero-order valence-corrected chi connectivity index (χ0v) is 23.8. The lowest BCUT2D eigenvalue weighted by molar-refractivity contribution is -0.125. The van der Waals surface area contributed by atoms with Gasteiger partial charge >= 0.3 is 0 Å². The molecule has 2 aromatic heterocycles. The van der Waals surface area contributed by atoms with Gasteiger partial charge in [0.05, 0.1) is 22.2 Å². The second kappa shape index (κ2) is 9.93. The number of hydrogen-bond acceptors (Lipinski definition) is 6. The third kappa shape index (κ3) is 5.14. The third-order valence-electron chi connectivity index (χ3n) is 8.36. The summed E-state index contributed by atoms with van der Waals surface area (Å²) in [6, 6.07) is 6.96. The van der Waals surface area contributed by atoms with Crippen LogP contribution >= 0.6 is 11.3 Å². The van der Waals surface area contributed by atoms with Gasteiger partial charge in [-0.05, 0) is 67.7 Å². The molecule has 0 unspecified atom stereocenters. The van der Waals surface area contributed by atoms with Crippen molar-refractivity contribution in [1.29, 1.82) is 0 Å². The summed E-state index contributed by atoms with van der Waals surface area (Å²) < 4.78 is 2.19. The highest BCUT2D eigenvalue weighted by Gasteiger charge is 2.50. The van der Waals surface area contributed by atoms with Crippen molar-refractivity contribution in [2.45, 2.75) is 72.5 Å². The first-order valence-corrected chi connectivity index (χ1v) is 14.2. The Morgan fingerprint density at radius 1 is 1.32 bits per heavy atom. The number of nitrogens with zero attached hydrogens (tertiary/aromatic N) is 4. The molecule has 202 valence electrons. The minimum atomic E-state index is -0.189. The van der Waals surface area contributed by atoms with Gasteiger partial charge in [-0.1, -0.05) is 33.4 Å². The number of rotatable bonds is 7. The van der Waals surface area contributed by atoms with Gasteiger partial charge in [-0.25, -0.2) is 9.97 Å². The highest BCUT2D eigenvalue weighted by Crippen LogP contribution is 2.55. The molecule has 9 heteroatoms. The van der Waals surface area contributed by atoms with Crippen LogP contribution in [0.2, 0.25) is 0 Å². The molecule has 2 fully saturated rings. The molecule has 5 rings (SSSR count). The van der Waals surface area contributed by atoms with Crippen LogP contribution < -0.4 is 10.6 Å². The molecule has 1 spiro atoms. The summed E-state index contributed by atoms with van der Waals surface area (Å²) in [6.45, 7) is 16.7. The molecule has 1 aliphatic carbocycles. The predicted molar refractivity (Wildman–Crippen MR) is 152 cm³/mol. The summed E-state index contributed by atoms with van der Waals surface area (Å²) in [5.41, 5.74) is 3.35. The van der Waals surface area contributed by atoms with Gasteiger partial charge in [0.1, 0.15) is 4.88 Å². The lowest BCUT2D eigenvalue weighted by atomic mass is 9.64. The van der Waals surface area contributed by atoms with Gasteiger partial charge in [0, 0.05) is 31.7 Å². The van der Waals surface area contributed by atoms with Crippen molar-refractivity contribution in [3.8, 4) is 0 Å². The number of likely N-dealkylation sites (tertiary alicyclic amines) is 1. The molecule has 2 amide bonds.